The molecule has 1 aromatic carbocycles. The summed E-state index contributed by atoms with van der Waals surface area (Å²) < 4.78 is 5.32. The van der Waals surface area contributed by atoms with Crippen molar-refractivity contribution in [2.75, 3.05) is 19.4 Å². The van der Waals surface area contributed by atoms with Gasteiger partial charge in [0, 0.05) is 18.7 Å². The summed E-state index contributed by atoms with van der Waals surface area (Å²) in [7, 11) is 1.65. The van der Waals surface area contributed by atoms with E-state index in [0.29, 0.717) is 25.1 Å². The van der Waals surface area contributed by atoms with Gasteiger partial charge in [-0.25, -0.2) is 0 Å². The molecule has 3 rings (SSSR count). The molecule has 0 aliphatic carbocycles. The Morgan fingerprint density at radius 3 is 3.04 bits per heavy atom. The average Bonchev–Trinajstić information content (AvgIpc) is 3.04. The third-order valence-corrected chi connectivity index (χ3v) is 6.14. The Hall–Kier alpha value is -1.69. The van der Waals surface area contributed by atoms with Crippen LogP contribution in [0.2, 0.25) is 0 Å². The van der Waals surface area contributed by atoms with Crippen LogP contribution in [0, 0.1) is 0 Å². The molecule has 2 aliphatic rings. The van der Waals surface area contributed by atoms with Gasteiger partial charge in [-0.2, -0.15) is 0 Å². The second kappa shape index (κ2) is 6.43. The number of methoxy groups -OCH3 is 1. The van der Waals surface area contributed by atoms with E-state index in [0.717, 1.165) is 17.7 Å². The number of carbonyl (C=O) groups is 2. The van der Waals surface area contributed by atoms with Crippen LogP contribution in [-0.4, -0.2) is 47.0 Å². The molecule has 23 heavy (non-hydrogen) atoms. The summed E-state index contributed by atoms with van der Waals surface area (Å²) in [5.74, 6) is 1.57. The fourth-order valence-corrected chi connectivity index (χ4v) is 4.79. The summed E-state index contributed by atoms with van der Waals surface area (Å²) in [5.41, 5.74) is 1.07. The molecular weight excluding hydrogens is 312 g/mol. The number of ether oxygens (including phenoxy) is 1. The fourth-order valence-electron chi connectivity index (χ4n) is 3.36. The second-order valence-corrected chi connectivity index (χ2v) is 7.62. The Morgan fingerprint density at radius 2 is 2.26 bits per heavy atom. The number of thioether (sulfide) groups is 1. The molecule has 0 bridgehead atoms. The molecule has 2 atom stereocenters. The minimum atomic E-state index is -0.335. The molecule has 0 spiro atoms. The maximum Gasteiger partial charge on any atom is 0.243 e. The molecule has 0 radical (unpaired) electrons. The van der Waals surface area contributed by atoms with E-state index in [1.54, 1.807) is 23.8 Å². The summed E-state index contributed by atoms with van der Waals surface area (Å²) >= 11 is 1.72. The van der Waals surface area contributed by atoms with Crippen LogP contribution in [-0.2, 0) is 16.0 Å². The number of hydrogen-bond donors (Lipinski definition) is 1. The third-order valence-electron chi connectivity index (χ3n) is 4.63. The lowest BCUT2D eigenvalue weighted by Crippen LogP contribution is -2.50. The van der Waals surface area contributed by atoms with Crippen molar-refractivity contribution in [3.8, 4) is 5.75 Å². The molecule has 0 aromatic heterocycles. The minimum Gasteiger partial charge on any atom is -0.496 e. The summed E-state index contributed by atoms with van der Waals surface area (Å²) in [5, 5.41) is 2.97. The van der Waals surface area contributed by atoms with E-state index in [1.807, 2.05) is 24.3 Å². The Kier molecular flexibility index (Phi) is 4.53. The largest absolute Gasteiger partial charge is 0.496 e. The van der Waals surface area contributed by atoms with Crippen LogP contribution in [0.15, 0.2) is 24.3 Å². The Balaban J connectivity index is 1.57. The van der Waals surface area contributed by atoms with E-state index >= 15 is 0 Å². The van der Waals surface area contributed by atoms with E-state index in [4.69, 9.17) is 4.74 Å². The van der Waals surface area contributed by atoms with E-state index in [1.165, 1.54) is 0 Å². The first-order chi connectivity index (χ1) is 11.0. The maximum atomic E-state index is 12.5. The number of hydrogen-bond acceptors (Lipinski definition) is 4. The smallest absolute Gasteiger partial charge is 0.243 e. The van der Waals surface area contributed by atoms with E-state index < -0.39 is 0 Å². The highest BCUT2D eigenvalue weighted by atomic mass is 32.2. The summed E-state index contributed by atoms with van der Waals surface area (Å²) in [6.45, 7) is 2.60. The number of nitrogens with one attached hydrogen (secondary N) is 1. The number of fused-ring (bicyclic) bond motifs is 1. The van der Waals surface area contributed by atoms with Crippen LogP contribution < -0.4 is 10.1 Å². The molecule has 1 N–H and O–H groups in total. The van der Waals surface area contributed by atoms with Gasteiger partial charge in [-0.3, -0.25) is 9.59 Å². The normalized spacial score (nSPS) is 26.3. The minimum absolute atomic E-state index is 0.0497. The molecular formula is C17H22N2O3S. The van der Waals surface area contributed by atoms with E-state index in [2.05, 4.69) is 12.2 Å². The van der Waals surface area contributed by atoms with Gasteiger partial charge in [-0.05, 0) is 31.4 Å². The van der Waals surface area contributed by atoms with Crippen molar-refractivity contribution in [3.63, 3.8) is 0 Å². The lowest BCUT2D eigenvalue weighted by Gasteiger charge is -2.29. The van der Waals surface area contributed by atoms with Crippen molar-refractivity contribution in [3.05, 3.63) is 29.8 Å². The lowest BCUT2D eigenvalue weighted by molar-refractivity contribution is -0.137. The van der Waals surface area contributed by atoms with Crippen molar-refractivity contribution in [1.82, 2.24) is 10.2 Å². The maximum absolute atomic E-state index is 12.5. The van der Waals surface area contributed by atoms with Crippen molar-refractivity contribution in [1.29, 1.82) is 0 Å². The molecule has 2 heterocycles. The molecule has 124 valence electrons. The fraction of sp³-hybridized carbons (Fsp3) is 0.529. The molecule has 2 fully saturated rings. The predicted octanol–water partition coefficient (Wildman–Crippen LogP) is 1.81. The highest BCUT2D eigenvalue weighted by Crippen LogP contribution is 2.47. The van der Waals surface area contributed by atoms with Gasteiger partial charge in [0.15, 0.2) is 0 Å². The number of nitrogens with zero attached hydrogens (tertiary/aromatic N) is 1. The van der Waals surface area contributed by atoms with Crippen LogP contribution in [0.4, 0.5) is 0 Å². The van der Waals surface area contributed by atoms with Crippen molar-refractivity contribution >= 4 is 23.6 Å². The molecule has 2 aliphatic heterocycles. The first-order valence-electron chi connectivity index (χ1n) is 7.91. The van der Waals surface area contributed by atoms with Gasteiger partial charge in [0.25, 0.3) is 0 Å². The first-order valence-corrected chi connectivity index (χ1v) is 8.89. The van der Waals surface area contributed by atoms with E-state index in [9.17, 15) is 9.59 Å². The predicted molar refractivity (Wildman–Crippen MR) is 90.4 cm³/mol. The Bertz CT molecular complexity index is 622. The van der Waals surface area contributed by atoms with Gasteiger partial charge < -0.3 is 15.0 Å². The van der Waals surface area contributed by atoms with Crippen LogP contribution in [0.3, 0.4) is 0 Å². The molecule has 0 saturated carbocycles. The van der Waals surface area contributed by atoms with E-state index in [-0.39, 0.29) is 22.7 Å². The van der Waals surface area contributed by atoms with Crippen molar-refractivity contribution in [2.24, 2.45) is 0 Å². The number of benzene rings is 1. The summed E-state index contributed by atoms with van der Waals surface area (Å²) in [6, 6.07) is 7.46. The van der Waals surface area contributed by atoms with Crippen LogP contribution >= 0.6 is 11.8 Å². The quantitative estimate of drug-likeness (QED) is 0.892. The molecule has 2 saturated heterocycles. The molecule has 2 unspecified atom stereocenters. The lowest BCUT2D eigenvalue weighted by atomic mass is 10.1. The zero-order chi connectivity index (χ0) is 16.4. The van der Waals surface area contributed by atoms with Gasteiger partial charge in [0.05, 0.1) is 12.0 Å². The van der Waals surface area contributed by atoms with Crippen molar-refractivity contribution < 1.29 is 14.3 Å². The highest BCUT2D eigenvalue weighted by molar-refractivity contribution is 8.01. The van der Waals surface area contributed by atoms with Gasteiger partial charge in [0.2, 0.25) is 11.8 Å². The SMILES string of the molecule is COc1ccccc1CCNC(=O)C1CSC2(C)CCC(=O)N12. The monoisotopic (exact) mass is 334 g/mol. The standard InChI is InChI=1S/C17H22N2O3S/c1-17-9-7-15(20)19(17)13(11-23-17)16(21)18-10-8-12-5-3-4-6-14(12)22-2/h3-6,13H,7-11H2,1-2H3,(H,18,21). The zero-order valence-electron chi connectivity index (χ0n) is 13.5. The Labute approximate surface area is 140 Å². The van der Waals surface area contributed by atoms with Crippen molar-refractivity contribution in [2.45, 2.75) is 37.1 Å². The zero-order valence-corrected chi connectivity index (χ0v) is 14.3. The number of rotatable bonds is 5. The Morgan fingerprint density at radius 1 is 1.48 bits per heavy atom. The van der Waals surface area contributed by atoms with Gasteiger partial charge in [-0.15, -0.1) is 11.8 Å². The van der Waals surface area contributed by atoms with Crippen LogP contribution in [0.1, 0.15) is 25.3 Å². The van der Waals surface area contributed by atoms with Gasteiger partial charge >= 0.3 is 0 Å². The average molecular weight is 334 g/mol. The topological polar surface area (TPSA) is 58.6 Å². The second-order valence-electron chi connectivity index (χ2n) is 6.12. The highest BCUT2D eigenvalue weighted by Gasteiger charge is 2.52. The number of amides is 2. The molecule has 6 heteroatoms. The third kappa shape index (κ3) is 3.04. The van der Waals surface area contributed by atoms with Crippen LogP contribution in [0.25, 0.3) is 0 Å². The summed E-state index contributed by atoms with van der Waals surface area (Å²) in [6.07, 6.45) is 2.09. The van der Waals surface area contributed by atoms with Crippen LogP contribution in [0.5, 0.6) is 5.75 Å². The molecule has 1 aromatic rings. The van der Waals surface area contributed by atoms with Gasteiger partial charge in [0.1, 0.15) is 11.8 Å². The summed E-state index contributed by atoms with van der Waals surface area (Å²) in [4.78, 5) is 26.1. The van der Waals surface area contributed by atoms with Gasteiger partial charge in [-0.1, -0.05) is 18.2 Å². The number of carbonyl (C=O) groups excluding carboxylic acids is 2. The molecule has 2 amide bonds. The number of para-hydroxylation sites is 1. The molecule has 5 nitrogen and oxygen atoms in total. The first kappa shape index (κ1) is 16.2.